The summed E-state index contributed by atoms with van der Waals surface area (Å²) in [4.78, 5) is 13.2. The molecule has 0 aliphatic heterocycles. The van der Waals surface area contributed by atoms with Crippen LogP contribution < -0.4 is 19.5 Å². The first kappa shape index (κ1) is 25.6. The van der Waals surface area contributed by atoms with Crippen LogP contribution in [0.4, 0.5) is 5.69 Å². The lowest BCUT2D eigenvalue weighted by molar-refractivity contribution is 0.0920. The van der Waals surface area contributed by atoms with Gasteiger partial charge in [-0.05, 0) is 73.9 Å². The first-order valence-electron chi connectivity index (χ1n) is 12.0. The molecule has 1 saturated carbocycles. The summed E-state index contributed by atoms with van der Waals surface area (Å²) < 4.78 is 38.9. The Morgan fingerprint density at radius 2 is 1.53 bits per heavy atom. The highest BCUT2D eigenvalue weighted by Crippen LogP contribution is 2.37. The highest BCUT2D eigenvalue weighted by atomic mass is 32.2. The van der Waals surface area contributed by atoms with Gasteiger partial charge in [0, 0.05) is 23.2 Å². The topological polar surface area (TPSA) is 93.7 Å². The average Bonchev–Trinajstić information content (AvgIpc) is 2.90. The van der Waals surface area contributed by atoms with Crippen LogP contribution in [-0.2, 0) is 10.0 Å². The van der Waals surface area contributed by atoms with Crippen LogP contribution in [0.2, 0.25) is 0 Å². The van der Waals surface area contributed by atoms with Gasteiger partial charge in [0.05, 0.1) is 19.1 Å². The predicted octanol–water partition coefficient (Wildman–Crippen LogP) is 5.27. The number of sulfonamides is 1. The van der Waals surface area contributed by atoms with Crippen molar-refractivity contribution >= 4 is 21.6 Å². The highest BCUT2D eigenvalue weighted by molar-refractivity contribution is 7.92. The number of benzene rings is 3. The lowest BCUT2D eigenvalue weighted by atomic mass is 9.79. The molecule has 0 radical (unpaired) electrons. The zero-order chi connectivity index (χ0) is 25.7. The molecule has 3 aromatic rings. The Kier molecular flexibility index (Phi) is 7.84. The standard InChI is InChI=1S/C28H32N2O5S/c1-19-8-13-22(14-9-19)30-36(32,33)23-15-10-20(11-16-23)28(31)29-25-7-5-4-6-24(25)21-12-17-26(34-2)27(18-21)35-3/h8-18,24-25,30H,4-7H2,1-3H3,(H,29,31)/t24-,25-/m1/s1. The quantitative estimate of drug-likeness (QED) is 0.432. The molecule has 0 unspecified atom stereocenters. The van der Waals surface area contributed by atoms with E-state index < -0.39 is 10.0 Å². The second-order valence-corrected chi connectivity index (χ2v) is 10.8. The zero-order valence-corrected chi connectivity index (χ0v) is 21.6. The van der Waals surface area contributed by atoms with E-state index in [1.165, 1.54) is 12.1 Å². The molecule has 4 rings (SSSR count). The number of amides is 1. The molecule has 0 aromatic heterocycles. The average molecular weight is 509 g/mol. The number of anilines is 1. The minimum absolute atomic E-state index is 0.0315. The van der Waals surface area contributed by atoms with Crippen LogP contribution in [-0.4, -0.2) is 34.6 Å². The molecule has 0 bridgehead atoms. The Balaban J connectivity index is 1.47. The van der Waals surface area contributed by atoms with Crippen LogP contribution in [0.25, 0.3) is 0 Å². The number of rotatable bonds is 8. The number of carbonyl (C=O) groups is 1. The summed E-state index contributed by atoms with van der Waals surface area (Å²) in [5.74, 6) is 1.27. The smallest absolute Gasteiger partial charge is 0.261 e. The van der Waals surface area contributed by atoms with Crippen LogP contribution in [0.5, 0.6) is 11.5 Å². The molecule has 190 valence electrons. The SMILES string of the molecule is COc1ccc([C@H]2CCCC[C@H]2NC(=O)c2ccc(S(=O)(=O)Nc3ccc(C)cc3)cc2)cc1OC. The van der Waals surface area contributed by atoms with E-state index in [4.69, 9.17) is 9.47 Å². The molecule has 1 fully saturated rings. The van der Waals surface area contributed by atoms with Crippen LogP contribution in [0, 0.1) is 6.92 Å². The van der Waals surface area contributed by atoms with E-state index in [0.717, 1.165) is 36.8 Å². The fourth-order valence-electron chi connectivity index (χ4n) is 4.66. The number of ether oxygens (including phenoxy) is 2. The van der Waals surface area contributed by atoms with Crippen LogP contribution >= 0.6 is 0 Å². The van der Waals surface area contributed by atoms with E-state index in [1.807, 2.05) is 37.3 Å². The number of nitrogens with one attached hydrogen (secondary N) is 2. The summed E-state index contributed by atoms with van der Waals surface area (Å²) in [5.41, 5.74) is 3.04. The van der Waals surface area contributed by atoms with E-state index in [-0.39, 0.29) is 22.8 Å². The number of methoxy groups -OCH3 is 2. The summed E-state index contributed by atoms with van der Waals surface area (Å²) in [6, 6.07) is 19.0. The molecule has 0 saturated heterocycles. The lowest BCUT2D eigenvalue weighted by Gasteiger charge is -2.33. The maximum Gasteiger partial charge on any atom is 0.261 e. The van der Waals surface area contributed by atoms with Gasteiger partial charge in [0.2, 0.25) is 0 Å². The van der Waals surface area contributed by atoms with Gasteiger partial charge in [-0.3, -0.25) is 9.52 Å². The molecule has 36 heavy (non-hydrogen) atoms. The normalized spacial score (nSPS) is 17.8. The van der Waals surface area contributed by atoms with Gasteiger partial charge in [0.15, 0.2) is 11.5 Å². The Hall–Kier alpha value is -3.52. The summed E-state index contributed by atoms with van der Waals surface area (Å²) >= 11 is 0. The first-order chi connectivity index (χ1) is 17.3. The van der Waals surface area contributed by atoms with Crippen molar-refractivity contribution in [2.24, 2.45) is 0 Å². The number of hydrogen-bond donors (Lipinski definition) is 2. The summed E-state index contributed by atoms with van der Waals surface area (Å²) in [5, 5.41) is 3.18. The molecule has 0 spiro atoms. The van der Waals surface area contributed by atoms with E-state index in [2.05, 4.69) is 10.0 Å². The van der Waals surface area contributed by atoms with Gasteiger partial charge in [-0.1, -0.05) is 36.6 Å². The maximum atomic E-state index is 13.1. The molecule has 3 aromatic carbocycles. The predicted molar refractivity (Wildman–Crippen MR) is 140 cm³/mol. The molecule has 8 heteroatoms. The second-order valence-electron chi connectivity index (χ2n) is 9.08. The highest BCUT2D eigenvalue weighted by Gasteiger charge is 2.29. The third kappa shape index (κ3) is 5.82. The molecule has 1 aliphatic rings. The van der Waals surface area contributed by atoms with Crippen molar-refractivity contribution in [3.63, 3.8) is 0 Å². The summed E-state index contributed by atoms with van der Waals surface area (Å²) in [6.45, 7) is 1.94. The Morgan fingerprint density at radius 3 is 2.19 bits per heavy atom. The molecule has 1 aliphatic carbocycles. The summed E-state index contributed by atoms with van der Waals surface area (Å²) in [6.07, 6.45) is 3.96. The van der Waals surface area contributed by atoms with Gasteiger partial charge in [-0.15, -0.1) is 0 Å². The van der Waals surface area contributed by atoms with Crippen molar-refractivity contribution in [2.75, 3.05) is 18.9 Å². The van der Waals surface area contributed by atoms with Crippen LogP contribution in [0.1, 0.15) is 53.1 Å². The number of carbonyl (C=O) groups excluding carboxylic acids is 1. The van der Waals surface area contributed by atoms with Crippen molar-refractivity contribution in [2.45, 2.75) is 49.5 Å². The fourth-order valence-corrected chi connectivity index (χ4v) is 5.72. The van der Waals surface area contributed by atoms with Gasteiger partial charge in [-0.25, -0.2) is 8.42 Å². The molecular formula is C28H32N2O5S. The summed E-state index contributed by atoms with van der Waals surface area (Å²) in [7, 11) is -0.536. The first-order valence-corrected chi connectivity index (χ1v) is 13.5. The van der Waals surface area contributed by atoms with Gasteiger partial charge in [-0.2, -0.15) is 0 Å². The minimum Gasteiger partial charge on any atom is -0.493 e. The van der Waals surface area contributed by atoms with Crippen LogP contribution in [0.3, 0.4) is 0 Å². The van der Waals surface area contributed by atoms with Gasteiger partial charge in [0.1, 0.15) is 0 Å². The number of hydrogen-bond acceptors (Lipinski definition) is 5. The van der Waals surface area contributed by atoms with Gasteiger partial charge < -0.3 is 14.8 Å². The lowest BCUT2D eigenvalue weighted by Crippen LogP contribution is -2.41. The molecule has 2 N–H and O–H groups in total. The third-order valence-electron chi connectivity index (χ3n) is 6.65. The molecular weight excluding hydrogens is 476 g/mol. The third-order valence-corrected chi connectivity index (χ3v) is 8.05. The second kappa shape index (κ2) is 11.0. The van der Waals surface area contributed by atoms with Crippen molar-refractivity contribution in [1.82, 2.24) is 5.32 Å². The zero-order valence-electron chi connectivity index (χ0n) is 20.8. The minimum atomic E-state index is -3.76. The molecule has 7 nitrogen and oxygen atoms in total. The maximum absolute atomic E-state index is 13.1. The number of aryl methyl sites for hydroxylation is 1. The molecule has 2 atom stereocenters. The largest absolute Gasteiger partial charge is 0.493 e. The van der Waals surface area contributed by atoms with Crippen molar-refractivity contribution < 1.29 is 22.7 Å². The Morgan fingerprint density at radius 1 is 0.861 bits per heavy atom. The van der Waals surface area contributed by atoms with Gasteiger partial charge in [0.25, 0.3) is 15.9 Å². The van der Waals surface area contributed by atoms with E-state index >= 15 is 0 Å². The van der Waals surface area contributed by atoms with Crippen LogP contribution in [0.15, 0.2) is 71.6 Å². The van der Waals surface area contributed by atoms with Gasteiger partial charge >= 0.3 is 0 Å². The van der Waals surface area contributed by atoms with Crippen molar-refractivity contribution in [1.29, 1.82) is 0 Å². The molecule has 0 heterocycles. The Bertz CT molecular complexity index is 1300. The molecule has 1 amide bonds. The van der Waals surface area contributed by atoms with E-state index in [9.17, 15) is 13.2 Å². The van der Waals surface area contributed by atoms with Crippen molar-refractivity contribution in [3.8, 4) is 11.5 Å². The fraction of sp³-hybridized carbons (Fsp3) is 0.321. The Labute approximate surface area is 212 Å². The van der Waals surface area contributed by atoms with E-state index in [1.54, 1.807) is 38.5 Å². The monoisotopic (exact) mass is 508 g/mol. The van der Waals surface area contributed by atoms with Crippen molar-refractivity contribution in [3.05, 3.63) is 83.4 Å². The van der Waals surface area contributed by atoms with E-state index in [0.29, 0.717) is 22.7 Å².